The molecule has 0 saturated heterocycles. The summed E-state index contributed by atoms with van der Waals surface area (Å²) in [6, 6.07) is 7.96. The van der Waals surface area contributed by atoms with E-state index in [0.29, 0.717) is 18.7 Å². The summed E-state index contributed by atoms with van der Waals surface area (Å²) in [6.07, 6.45) is 0. The molecule has 0 aliphatic rings. The summed E-state index contributed by atoms with van der Waals surface area (Å²) in [5.74, 6) is 0. The number of hydrogen-bond donors (Lipinski definition) is 1. The van der Waals surface area contributed by atoms with Gasteiger partial charge in [0, 0.05) is 13.7 Å². The highest BCUT2D eigenvalue weighted by molar-refractivity contribution is 5.60. The van der Waals surface area contributed by atoms with E-state index in [9.17, 15) is 0 Å². The molecule has 1 aromatic carbocycles. The number of nitriles is 1. The van der Waals surface area contributed by atoms with Gasteiger partial charge in [0.15, 0.2) is 0 Å². The fourth-order valence-corrected chi connectivity index (χ4v) is 1.25. The molecular formula is C11H14N2O. The number of nitrogens with zero attached hydrogens (tertiary/aromatic N) is 1. The van der Waals surface area contributed by atoms with Crippen molar-refractivity contribution in [1.82, 2.24) is 0 Å². The number of methoxy groups -OCH3 is 1. The first kappa shape index (κ1) is 10.6. The Morgan fingerprint density at radius 1 is 1.50 bits per heavy atom. The van der Waals surface area contributed by atoms with Crippen molar-refractivity contribution in [3.63, 3.8) is 0 Å². The van der Waals surface area contributed by atoms with Crippen LogP contribution in [-0.2, 0) is 4.74 Å². The minimum Gasteiger partial charge on any atom is -0.383 e. The number of rotatable bonds is 4. The largest absolute Gasteiger partial charge is 0.383 e. The van der Waals surface area contributed by atoms with Gasteiger partial charge in [0.25, 0.3) is 0 Å². The maximum atomic E-state index is 8.93. The highest BCUT2D eigenvalue weighted by atomic mass is 16.5. The Kier molecular flexibility index (Phi) is 3.96. The zero-order chi connectivity index (χ0) is 10.4. The van der Waals surface area contributed by atoms with Crippen molar-refractivity contribution in [3.05, 3.63) is 29.3 Å². The van der Waals surface area contributed by atoms with Crippen LogP contribution in [0.3, 0.4) is 0 Å². The first-order chi connectivity index (χ1) is 6.79. The summed E-state index contributed by atoms with van der Waals surface area (Å²) in [7, 11) is 1.66. The zero-order valence-corrected chi connectivity index (χ0v) is 8.50. The number of ether oxygens (including phenoxy) is 1. The van der Waals surface area contributed by atoms with E-state index in [-0.39, 0.29) is 0 Å². The number of hydrogen-bond acceptors (Lipinski definition) is 3. The molecule has 74 valence electrons. The van der Waals surface area contributed by atoms with Crippen LogP contribution in [0.1, 0.15) is 11.1 Å². The third-order valence-electron chi connectivity index (χ3n) is 2.01. The van der Waals surface area contributed by atoms with Gasteiger partial charge in [-0.05, 0) is 18.6 Å². The molecule has 3 nitrogen and oxygen atoms in total. The van der Waals surface area contributed by atoms with Gasteiger partial charge < -0.3 is 10.1 Å². The lowest BCUT2D eigenvalue weighted by atomic mass is 10.1. The van der Waals surface area contributed by atoms with Crippen LogP contribution in [-0.4, -0.2) is 20.3 Å². The second-order valence-electron chi connectivity index (χ2n) is 3.03. The summed E-state index contributed by atoms with van der Waals surface area (Å²) in [5.41, 5.74) is 2.59. The molecule has 1 aromatic rings. The standard InChI is InChI=1S/C11H14N2O/c1-9-4-3-5-11(10(9)8-12)13-6-7-14-2/h3-5,13H,6-7H2,1-2H3. The van der Waals surface area contributed by atoms with E-state index in [1.807, 2.05) is 25.1 Å². The molecule has 0 fully saturated rings. The topological polar surface area (TPSA) is 45.0 Å². The van der Waals surface area contributed by atoms with Gasteiger partial charge in [0.2, 0.25) is 0 Å². The molecule has 0 aromatic heterocycles. The monoisotopic (exact) mass is 190 g/mol. The summed E-state index contributed by atoms with van der Waals surface area (Å²) in [4.78, 5) is 0. The van der Waals surface area contributed by atoms with E-state index in [4.69, 9.17) is 10.00 Å². The zero-order valence-electron chi connectivity index (χ0n) is 8.50. The van der Waals surface area contributed by atoms with Crippen LogP contribution in [0.2, 0.25) is 0 Å². The molecule has 0 bridgehead atoms. The summed E-state index contributed by atoms with van der Waals surface area (Å²) in [5, 5.41) is 12.1. The lowest BCUT2D eigenvalue weighted by molar-refractivity contribution is 0.211. The SMILES string of the molecule is COCCNc1cccc(C)c1C#N. The van der Waals surface area contributed by atoms with Gasteiger partial charge in [0.1, 0.15) is 6.07 Å². The van der Waals surface area contributed by atoms with Crippen LogP contribution < -0.4 is 5.32 Å². The quantitative estimate of drug-likeness (QED) is 0.738. The van der Waals surface area contributed by atoms with Crippen LogP contribution in [0, 0.1) is 18.3 Å². The van der Waals surface area contributed by atoms with Crippen LogP contribution >= 0.6 is 0 Å². The molecule has 3 heteroatoms. The van der Waals surface area contributed by atoms with Crippen LogP contribution in [0.15, 0.2) is 18.2 Å². The third-order valence-corrected chi connectivity index (χ3v) is 2.01. The highest BCUT2D eigenvalue weighted by Crippen LogP contribution is 2.17. The highest BCUT2D eigenvalue weighted by Gasteiger charge is 2.02. The molecule has 0 aliphatic carbocycles. The van der Waals surface area contributed by atoms with E-state index < -0.39 is 0 Å². The second kappa shape index (κ2) is 5.25. The van der Waals surface area contributed by atoms with Gasteiger partial charge in [-0.1, -0.05) is 12.1 Å². The number of anilines is 1. The van der Waals surface area contributed by atoms with Gasteiger partial charge in [-0.2, -0.15) is 5.26 Å². The lowest BCUT2D eigenvalue weighted by Crippen LogP contribution is -2.09. The van der Waals surface area contributed by atoms with Gasteiger partial charge in [-0.15, -0.1) is 0 Å². The van der Waals surface area contributed by atoms with Gasteiger partial charge in [0.05, 0.1) is 17.9 Å². The molecule has 1 rings (SSSR count). The molecule has 0 amide bonds. The van der Waals surface area contributed by atoms with Crippen molar-refractivity contribution in [3.8, 4) is 6.07 Å². The van der Waals surface area contributed by atoms with Gasteiger partial charge >= 0.3 is 0 Å². The van der Waals surface area contributed by atoms with Crippen molar-refractivity contribution in [2.75, 3.05) is 25.6 Å². The molecule has 0 radical (unpaired) electrons. The fourth-order valence-electron chi connectivity index (χ4n) is 1.25. The van der Waals surface area contributed by atoms with Crippen molar-refractivity contribution >= 4 is 5.69 Å². The average molecular weight is 190 g/mol. The van der Waals surface area contributed by atoms with E-state index in [1.165, 1.54) is 0 Å². The average Bonchev–Trinajstić information content (AvgIpc) is 2.18. The molecule has 14 heavy (non-hydrogen) atoms. The van der Waals surface area contributed by atoms with E-state index in [1.54, 1.807) is 7.11 Å². The molecule has 0 spiro atoms. The number of nitrogens with one attached hydrogen (secondary N) is 1. The van der Waals surface area contributed by atoms with Crippen LogP contribution in [0.4, 0.5) is 5.69 Å². The van der Waals surface area contributed by atoms with Gasteiger partial charge in [-0.3, -0.25) is 0 Å². The number of benzene rings is 1. The predicted molar refractivity (Wildman–Crippen MR) is 56.3 cm³/mol. The predicted octanol–water partition coefficient (Wildman–Crippen LogP) is 1.93. The fraction of sp³-hybridized carbons (Fsp3) is 0.364. The Hall–Kier alpha value is -1.53. The van der Waals surface area contributed by atoms with E-state index in [2.05, 4.69) is 11.4 Å². The Morgan fingerprint density at radius 2 is 2.29 bits per heavy atom. The minimum absolute atomic E-state index is 0.638. The normalized spacial score (nSPS) is 9.50. The summed E-state index contributed by atoms with van der Waals surface area (Å²) >= 11 is 0. The van der Waals surface area contributed by atoms with Crippen molar-refractivity contribution < 1.29 is 4.74 Å². The Labute approximate surface area is 84.3 Å². The first-order valence-electron chi connectivity index (χ1n) is 4.52. The van der Waals surface area contributed by atoms with Crippen molar-refractivity contribution in [1.29, 1.82) is 5.26 Å². The second-order valence-corrected chi connectivity index (χ2v) is 3.03. The first-order valence-corrected chi connectivity index (χ1v) is 4.52. The minimum atomic E-state index is 0.638. The summed E-state index contributed by atoms with van der Waals surface area (Å²) < 4.78 is 4.92. The van der Waals surface area contributed by atoms with E-state index >= 15 is 0 Å². The molecular weight excluding hydrogens is 176 g/mol. The molecule has 0 aliphatic heterocycles. The molecule has 0 heterocycles. The lowest BCUT2D eigenvalue weighted by Gasteiger charge is -2.08. The summed E-state index contributed by atoms with van der Waals surface area (Å²) in [6.45, 7) is 3.29. The maximum absolute atomic E-state index is 8.93. The van der Waals surface area contributed by atoms with Crippen LogP contribution in [0.25, 0.3) is 0 Å². The molecule has 0 unspecified atom stereocenters. The van der Waals surface area contributed by atoms with Crippen molar-refractivity contribution in [2.45, 2.75) is 6.92 Å². The smallest absolute Gasteiger partial charge is 0.102 e. The Morgan fingerprint density at radius 3 is 2.93 bits per heavy atom. The Balaban J connectivity index is 2.76. The molecule has 0 saturated carbocycles. The Bertz CT molecular complexity index is 342. The van der Waals surface area contributed by atoms with Crippen LogP contribution in [0.5, 0.6) is 0 Å². The molecule has 1 N–H and O–H groups in total. The van der Waals surface area contributed by atoms with E-state index in [0.717, 1.165) is 11.3 Å². The third kappa shape index (κ3) is 2.48. The van der Waals surface area contributed by atoms with Gasteiger partial charge in [-0.25, -0.2) is 0 Å². The maximum Gasteiger partial charge on any atom is 0.102 e. The van der Waals surface area contributed by atoms with Crippen molar-refractivity contribution in [2.24, 2.45) is 0 Å². The number of aryl methyl sites for hydroxylation is 1. The molecule has 0 atom stereocenters.